The van der Waals surface area contributed by atoms with Gasteiger partial charge < -0.3 is 0 Å². The fraction of sp³-hybridized carbons (Fsp3) is 0.100. The molecule has 0 N–H and O–H groups in total. The Balaban J connectivity index is 0.00000274. The van der Waals surface area contributed by atoms with Crippen molar-refractivity contribution in [3.8, 4) is 39.3 Å². The number of hydrogen-bond donors (Lipinski definition) is 0. The van der Waals surface area contributed by atoms with Crippen LogP contribution in [0.2, 0.25) is 0 Å². The predicted molar refractivity (Wildman–Crippen MR) is 134 cm³/mol. The van der Waals surface area contributed by atoms with E-state index in [9.17, 15) is 4.39 Å². The Morgan fingerprint density at radius 1 is 0.706 bits per heavy atom. The molecule has 34 heavy (non-hydrogen) atoms. The van der Waals surface area contributed by atoms with E-state index in [2.05, 4.69) is 84.1 Å². The molecule has 4 heteroatoms. The van der Waals surface area contributed by atoms with Gasteiger partial charge in [-0.2, -0.15) is 0 Å². The van der Waals surface area contributed by atoms with Crippen molar-refractivity contribution in [1.29, 1.82) is 0 Å². The number of rotatable bonds is 5. The summed E-state index contributed by atoms with van der Waals surface area (Å²) in [6.45, 7) is 4.44. The topological polar surface area (TPSA) is 17.8 Å². The van der Waals surface area contributed by atoms with E-state index >= 15 is 0 Å². The first-order valence-corrected chi connectivity index (χ1v) is 11.2. The van der Waals surface area contributed by atoms with Gasteiger partial charge in [-0.15, -0.1) is 0 Å². The maximum absolute atomic E-state index is 13.6. The zero-order chi connectivity index (χ0) is 22.8. The van der Waals surface area contributed by atoms with Crippen LogP contribution in [-0.4, -0.2) is 9.55 Å². The molecule has 1 aromatic heterocycles. The van der Waals surface area contributed by atoms with Gasteiger partial charge in [0.2, 0.25) is 0 Å². The van der Waals surface area contributed by atoms with E-state index in [-0.39, 0.29) is 25.9 Å². The number of halogens is 1. The van der Waals surface area contributed by atoms with Crippen LogP contribution in [-0.2, 0) is 20.1 Å². The predicted octanol–water partition coefficient (Wildman–Crippen LogP) is 8.13. The van der Waals surface area contributed by atoms with Crippen LogP contribution in [0.3, 0.4) is 0 Å². The molecule has 4 aromatic carbocycles. The molecule has 0 saturated heterocycles. The van der Waals surface area contributed by atoms with Gasteiger partial charge in [-0.05, 0) is 59.0 Å². The van der Waals surface area contributed by atoms with E-state index in [1.807, 2.05) is 18.3 Å². The molecule has 0 fully saturated rings. The summed E-state index contributed by atoms with van der Waals surface area (Å²) in [5.41, 5.74) is 7.78. The van der Waals surface area contributed by atoms with Crippen molar-refractivity contribution in [1.82, 2.24) is 9.55 Å². The summed E-state index contributed by atoms with van der Waals surface area (Å²) in [7, 11) is 0. The molecule has 0 aliphatic heterocycles. The first-order valence-electron chi connectivity index (χ1n) is 11.2. The maximum atomic E-state index is 13.6. The van der Waals surface area contributed by atoms with Gasteiger partial charge in [-0.25, -0.2) is 9.37 Å². The minimum Gasteiger partial charge on any atom is -0.299 e. The number of imidazole rings is 1. The molecule has 0 aliphatic carbocycles. The van der Waals surface area contributed by atoms with Gasteiger partial charge in [0, 0.05) is 49.2 Å². The number of hydrogen-bond acceptors (Lipinski definition) is 1. The summed E-state index contributed by atoms with van der Waals surface area (Å²) in [5.74, 6) is 0.901. The Kier molecular flexibility index (Phi) is 7.21. The summed E-state index contributed by atoms with van der Waals surface area (Å²) in [4.78, 5) is 4.66. The molecule has 171 valence electrons. The van der Waals surface area contributed by atoms with E-state index < -0.39 is 0 Å². The maximum Gasteiger partial charge on any atom is 0.144 e. The number of benzene rings is 4. The molecule has 5 aromatic rings. The summed E-state index contributed by atoms with van der Waals surface area (Å²) >= 11 is 0. The Morgan fingerprint density at radius 2 is 1.24 bits per heavy atom. The Morgan fingerprint density at radius 3 is 1.74 bits per heavy atom. The van der Waals surface area contributed by atoms with E-state index in [1.54, 1.807) is 18.3 Å². The van der Waals surface area contributed by atoms with E-state index in [4.69, 9.17) is 0 Å². The third kappa shape index (κ3) is 4.65. The van der Waals surface area contributed by atoms with Crippen molar-refractivity contribution in [2.45, 2.75) is 19.8 Å². The second-order valence-electron chi connectivity index (χ2n) is 8.48. The largest absolute Gasteiger partial charge is 0.299 e. The molecule has 5 rings (SSSR count). The Hall–Kier alpha value is -3.33. The number of nitrogens with zero attached hydrogens (tertiary/aromatic N) is 2. The van der Waals surface area contributed by atoms with Crippen molar-refractivity contribution >= 4 is 0 Å². The molecule has 0 amide bonds. The van der Waals surface area contributed by atoms with Crippen LogP contribution in [0, 0.1) is 5.82 Å². The van der Waals surface area contributed by atoms with Crippen LogP contribution >= 0.6 is 0 Å². The fourth-order valence-corrected chi connectivity index (χ4v) is 4.22. The molecule has 2 nitrogen and oxygen atoms in total. The molecule has 0 bridgehead atoms. The van der Waals surface area contributed by atoms with Crippen molar-refractivity contribution in [2.75, 3.05) is 0 Å². The second-order valence-corrected chi connectivity index (χ2v) is 8.48. The minimum atomic E-state index is -0.256. The van der Waals surface area contributed by atoms with Gasteiger partial charge in [0.1, 0.15) is 11.6 Å². The van der Waals surface area contributed by atoms with Crippen molar-refractivity contribution in [2.24, 2.45) is 0 Å². The monoisotopic (exact) mass is 625 g/mol. The van der Waals surface area contributed by atoms with Gasteiger partial charge in [0.25, 0.3) is 0 Å². The van der Waals surface area contributed by atoms with E-state index in [1.165, 1.54) is 17.7 Å². The van der Waals surface area contributed by atoms with Crippen LogP contribution in [0.5, 0.6) is 0 Å². The van der Waals surface area contributed by atoms with Gasteiger partial charge in [0.05, 0.1) is 5.69 Å². The van der Waals surface area contributed by atoms with Crippen LogP contribution in [0.25, 0.3) is 39.3 Å². The summed E-state index contributed by atoms with van der Waals surface area (Å²) < 4.78 is 15.7. The van der Waals surface area contributed by atoms with Gasteiger partial charge in [-0.1, -0.05) is 74.5 Å². The SMILES string of the molecule is CC(C)c1cc(-c2ccccc2)c(-n2ccnc2-c2ccc(F)cc2)c(-c2ccccc2)c1.[Ir]. The van der Waals surface area contributed by atoms with Crippen molar-refractivity contribution in [3.05, 3.63) is 121 Å². The van der Waals surface area contributed by atoms with Crippen molar-refractivity contribution < 1.29 is 24.5 Å². The van der Waals surface area contributed by atoms with Crippen LogP contribution < -0.4 is 0 Å². The third-order valence-electron chi connectivity index (χ3n) is 5.95. The molecule has 0 spiro atoms. The quantitative estimate of drug-likeness (QED) is 0.193. The molecule has 0 unspecified atom stereocenters. The standard InChI is InChI=1S/C30H25FN2.Ir/c1-21(2)25-19-27(22-9-5-3-6-10-22)29(28(20-25)23-11-7-4-8-12-23)33-18-17-32-30(33)24-13-15-26(31)16-14-24;/h3-21H,1-2H3;. The summed E-state index contributed by atoms with van der Waals surface area (Å²) in [6, 6.07) is 32.0. The minimum absolute atomic E-state index is 0. The first-order chi connectivity index (χ1) is 16.1. The fourth-order valence-electron chi connectivity index (χ4n) is 4.22. The van der Waals surface area contributed by atoms with Crippen LogP contribution in [0.4, 0.5) is 4.39 Å². The first kappa shape index (κ1) is 23.8. The normalized spacial score (nSPS) is 10.8. The average Bonchev–Trinajstić information content (AvgIpc) is 3.34. The molecule has 1 heterocycles. The molecule has 1 radical (unpaired) electrons. The zero-order valence-electron chi connectivity index (χ0n) is 19.1. The second kappa shape index (κ2) is 10.3. The van der Waals surface area contributed by atoms with Crippen LogP contribution in [0.15, 0.2) is 109 Å². The third-order valence-corrected chi connectivity index (χ3v) is 5.95. The number of aromatic nitrogens is 2. The van der Waals surface area contributed by atoms with E-state index in [0.29, 0.717) is 5.92 Å². The van der Waals surface area contributed by atoms with E-state index in [0.717, 1.165) is 39.3 Å². The Labute approximate surface area is 213 Å². The van der Waals surface area contributed by atoms with Crippen molar-refractivity contribution in [3.63, 3.8) is 0 Å². The molecule has 0 saturated carbocycles. The van der Waals surface area contributed by atoms with Gasteiger partial charge >= 0.3 is 0 Å². The summed E-state index contributed by atoms with van der Waals surface area (Å²) in [6.07, 6.45) is 3.79. The smallest absolute Gasteiger partial charge is 0.144 e. The average molecular weight is 625 g/mol. The Bertz CT molecular complexity index is 1310. The molecule has 0 aliphatic rings. The molecular formula is C30H25FIrN2. The summed E-state index contributed by atoms with van der Waals surface area (Å²) in [5, 5.41) is 0. The van der Waals surface area contributed by atoms with Gasteiger partial charge in [0.15, 0.2) is 0 Å². The zero-order valence-corrected chi connectivity index (χ0v) is 21.5. The van der Waals surface area contributed by atoms with Crippen LogP contribution in [0.1, 0.15) is 25.3 Å². The van der Waals surface area contributed by atoms with Gasteiger partial charge in [-0.3, -0.25) is 4.57 Å². The molecular weight excluding hydrogens is 600 g/mol. The molecule has 0 atom stereocenters.